The average molecular weight is 418 g/mol. The smallest absolute Gasteiger partial charge is 0.240 e. The summed E-state index contributed by atoms with van der Waals surface area (Å²) in [5.74, 6) is -0.00415. The maximum absolute atomic E-state index is 12.8. The van der Waals surface area contributed by atoms with Crippen molar-refractivity contribution in [1.82, 2.24) is 20.8 Å². The van der Waals surface area contributed by atoms with E-state index in [0.717, 1.165) is 23.2 Å². The van der Waals surface area contributed by atoms with Crippen molar-refractivity contribution in [3.63, 3.8) is 0 Å². The Morgan fingerprint density at radius 2 is 1.90 bits per heavy atom. The van der Waals surface area contributed by atoms with E-state index in [1.54, 1.807) is 11.8 Å². The molecule has 0 bridgehead atoms. The highest BCUT2D eigenvalue weighted by molar-refractivity contribution is 7.74. The lowest BCUT2D eigenvalue weighted by Crippen LogP contribution is -2.39. The van der Waals surface area contributed by atoms with Gasteiger partial charge >= 0.3 is 0 Å². The predicted molar refractivity (Wildman–Crippen MR) is 120 cm³/mol. The first-order chi connectivity index (χ1) is 13.7. The third-order valence-electron chi connectivity index (χ3n) is 5.21. The van der Waals surface area contributed by atoms with Gasteiger partial charge in [0.1, 0.15) is 0 Å². The molecule has 1 unspecified atom stereocenters. The third kappa shape index (κ3) is 6.28. The Bertz CT molecular complexity index is 772. The maximum Gasteiger partial charge on any atom is 0.240 e. The van der Waals surface area contributed by atoms with Crippen molar-refractivity contribution < 1.29 is 14.4 Å². The van der Waals surface area contributed by atoms with Crippen molar-refractivity contribution in [2.45, 2.75) is 40.4 Å². The quantitative estimate of drug-likeness (QED) is 0.319. The van der Waals surface area contributed by atoms with Crippen LogP contribution in [0.5, 0.6) is 0 Å². The summed E-state index contributed by atoms with van der Waals surface area (Å²) in [6.07, 6.45) is 0.532. The molecule has 0 radical (unpaired) electrons. The molecule has 1 aliphatic heterocycles. The van der Waals surface area contributed by atoms with Crippen LogP contribution in [0.3, 0.4) is 0 Å². The van der Waals surface area contributed by atoms with E-state index in [1.165, 1.54) is 0 Å². The molecular formula is C20H32BN4O3P. The van der Waals surface area contributed by atoms with E-state index in [9.17, 15) is 14.4 Å². The van der Waals surface area contributed by atoms with Gasteiger partial charge in [0.15, 0.2) is 7.98 Å². The van der Waals surface area contributed by atoms with Crippen LogP contribution in [0.15, 0.2) is 18.2 Å². The van der Waals surface area contributed by atoms with Gasteiger partial charge in [-0.2, -0.15) is 0 Å². The van der Waals surface area contributed by atoms with Crippen LogP contribution < -0.4 is 15.9 Å². The Balaban J connectivity index is 1.93. The summed E-state index contributed by atoms with van der Waals surface area (Å²) in [5, 5.41) is 8.94. The third-order valence-corrected chi connectivity index (χ3v) is 7.33. The first kappa shape index (κ1) is 23.4. The molecule has 7 nitrogen and oxygen atoms in total. The monoisotopic (exact) mass is 418 g/mol. The summed E-state index contributed by atoms with van der Waals surface area (Å²) in [5.41, 5.74) is 2.70. The zero-order valence-electron chi connectivity index (χ0n) is 18.1. The van der Waals surface area contributed by atoms with Crippen LogP contribution in [0.1, 0.15) is 37.5 Å². The number of carbonyl (C=O) groups is 3. The largest absolute Gasteiger partial charge is 0.360 e. The number of fused-ring (bicyclic) bond motifs is 1. The van der Waals surface area contributed by atoms with E-state index in [1.807, 2.05) is 46.7 Å². The molecule has 0 saturated heterocycles. The van der Waals surface area contributed by atoms with Gasteiger partial charge in [-0.1, -0.05) is 32.0 Å². The second-order valence-corrected chi connectivity index (χ2v) is 10.3. The van der Waals surface area contributed by atoms with E-state index in [0.29, 0.717) is 32.3 Å². The minimum atomic E-state index is -0.944. The zero-order chi connectivity index (χ0) is 21.6. The number of hydrogen-bond donors (Lipinski definition) is 3. The molecule has 158 valence electrons. The Hall–Kier alpha value is -1.92. The van der Waals surface area contributed by atoms with Gasteiger partial charge in [-0.05, 0) is 37.4 Å². The van der Waals surface area contributed by atoms with E-state index < -0.39 is 13.3 Å². The molecule has 9 heteroatoms. The number of benzene rings is 1. The van der Waals surface area contributed by atoms with E-state index >= 15 is 0 Å². The van der Waals surface area contributed by atoms with Crippen molar-refractivity contribution in [2.24, 2.45) is 5.41 Å². The summed E-state index contributed by atoms with van der Waals surface area (Å²) >= 11 is 0. The zero-order valence-corrected chi connectivity index (χ0v) is 19.0. The molecule has 0 fully saturated rings. The number of nitrogens with one attached hydrogen (secondary N) is 3. The summed E-state index contributed by atoms with van der Waals surface area (Å²) in [7, 11) is 0.897. The van der Waals surface area contributed by atoms with Crippen LogP contribution >= 0.6 is 7.92 Å². The fourth-order valence-corrected chi connectivity index (χ4v) is 5.32. The molecule has 29 heavy (non-hydrogen) atoms. The Labute approximate surface area is 175 Å². The number of nitrogens with zero attached hydrogens (tertiary/aromatic N) is 1. The highest BCUT2D eigenvalue weighted by atomic mass is 31.1. The molecular weight excluding hydrogens is 386 g/mol. The fraction of sp³-hybridized carbons (Fsp3) is 0.550. The van der Waals surface area contributed by atoms with Gasteiger partial charge in [-0.3, -0.25) is 14.4 Å². The highest BCUT2D eigenvalue weighted by Crippen LogP contribution is 2.39. The standard InChI is InChI=1S/C20H32BN4O3P/c1-14(26)25-11-16-7-5-6-15(17(16)12-25)10-23-18(27)20(2,3)13-29(4)19(28)22-8-9-24-21/h5-7,24H,8-13,21H2,1-4H3,(H,22,28)(H,23,27). The van der Waals surface area contributed by atoms with Crippen molar-refractivity contribution in [3.8, 4) is 0 Å². The molecule has 0 aromatic heterocycles. The van der Waals surface area contributed by atoms with Crippen LogP contribution in [0.4, 0.5) is 4.79 Å². The van der Waals surface area contributed by atoms with E-state index in [2.05, 4.69) is 15.9 Å². The minimum absolute atomic E-state index is 0.0290. The topological polar surface area (TPSA) is 90.5 Å². The maximum atomic E-state index is 12.8. The molecule has 0 aliphatic carbocycles. The van der Waals surface area contributed by atoms with Crippen molar-refractivity contribution in [1.29, 1.82) is 0 Å². The van der Waals surface area contributed by atoms with E-state index in [-0.39, 0.29) is 17.5 Å². The first-order valence-electron chi connectivity index (χ1n) is 9.92. The normalized spacial score (nSPS) is 14.3. The van der Waals surface area contributed by atoms with Crippen LogP contribution in [0, 0.1) is 5.41 Å². The molecule has 1 heterocycles. The number of carbonyl (C=O) groups excluding carboxylic acids is 3. The molecule has 3 N–H and O–H groups in total. The average Bonchev–Trinajstić information content (AvgIpc) is 3.11. The lowest BCUT2D eigenvalue weighted by atomic mass is 9.95. The van der Waals surface area contributed by atoms with Crippen LogP contribution in [-0.2, 0) is 29.2 Å². The molecule has 1 aromatic carbocycles. The van der Waals surface area contributed by atoms with Crippen LogP contribution in [0.25, 0.3) is 0 Å². The molecule has 1 aliphatic rings. The SMILES string of the molecule is BNCCNC(=O)P(C)CC(C)(C)C(=O)NCc1cccc2c1CN(C(C)=O)C2. The Morgan fingerprint density at radius 3 is 2.55 bits per heavy atom. The molecule has 1 aromatic rings. The van der Waals surface area contributed by atoms with Gasteiger partial charge in [-0.25, -0.2) is 0 Å². The van der Waals surface area contributed by atoms with Gasteiger partial charge in [0.2, 0.25) is 17.5 Å². The van der Waals surface area contributed by atoms with Crippen molar-refractivity contribution in [2.75, 3.05) is 25.9 Å². The molecule has 1 atom stereocenters. The molecule has 0 spiro atoms. The highest BCUT2D eigenvalue weighted by Gasteiger charge is 2.32. The summed E-state index contributed by atoms with van der Waals surface area (Å²) in [6.45, 7) is 10.2. The Morgan fingerprint density at radius 1 is 1.17 bits per heavy atom. The van der Waals surface area contributed by atoms with Crippen molar-refractivity contribution >= 4 is 33.4 Å². The second kappa shape index (κ2) is 10.2. The summed E-state index contributed by atoms with van der Waals surface area (Å²) < 4.78 is 0. The molecule has 3 amide bonds. The number of rotatable bonds is 9. The first-order valence-corrected chi connectivity index (χ1v) is 11.9. The Kier molecular flexibility index (Phi) is 8.23. The van der Waals surface area contributed by atoms with Gasteiger partial charge in [-0.15, -0.1) is 0 Å². The lowest BCUT2D eigenvalue weighted by Gasteiger charge is -2.27. The van der Waals surface area contributed by atoms with Crippen LogP contribution in [-0.4, -0.2) is 56.3 Å². The number of amides is 3. The van der Waals surface area contributed by atoms with Crippen LogP contribution in [0.2, 0.25) is 0 Å². The summed E-state index contributed by atoms with van der Waals surface area (Å²) in [4.78, 5) is 38.5. The number of hydrogen-bond acceptors (Lipinski definition) is 4. The van der Waals surface area contributed by atoms with Crippen molar-refractivity contribution in [3.05, 3.63) is 34.9 Å². The van der Waals surface area contributed by atoms with Gasteiger partial charge in [0.05, 0.1) is 0 Å². The molecule has 0 saturated carbocycles. The summed E-state index contributed by atoms with van der Waals surface area (Å²) in [6, 6.07) is 6.00. The van der Waals surface area contributed by atoms with Gasteiger partial charge in [0.25, 0.3) is 0 Å². The lowest BCUT2D eigenvalue weighted by molar-refractivity contribution is -0.129. The van der Waals surface area contributed by atoms with Gasteiger partial charge in [0, 0.05) is 45.1 Å². The van der Waals surface area contributed by atoms with E-state index in [4.69, 9.17) is 0 Å². The molecule has 2 rings (SSSR count). The minimum Gasteiger partial charge on any atom is -0.360 e. The predicted octanol–water partition coefficient (Wildman–Crippen LogP) is 1.15. The second-order valence-electron chi connectivity index (χ2n) is 8.19. The fourth-order valence-electron chi connectivity index (χ4n) is 3.46. The van der Waals surface area contributed by atoms with Gasteiger partial charge < -0.3 is 20.8 Å².